The fourth-order valence-corrected chi connectivity index (χ4v) is 0.871. The smallest absolute Gasteiger partial charge is 0.384 e. The number of carbonyl (C=O) groups excluding carboxylic acids is 1. The van der Waals surface area contributed by atoms with Crippen LogP contribution in [0.3, 0.4) is 0 Å². The van der Waals surface area contributed by atoms with E-state index in [0.717, 1.165) is 0 Å². The molecule has 76 valence electrons. The minimum absolute atomic E-state index is 0.0633. The van der Waals surface area contributed by atoms with Crippen LogP contribution >= 0.6 is 0 Å². The van der Waals surface area contributed by atoms with Gasteiger partial charge in [0.25, 0.3) is 5.69 Å². The van der Waals surface area contributed by atoms with Crippen molar-refractivity contribution in [2.24, 2.45) is 0 Å². The number of methoxy groups -OCH3 is 1. The molecule has 1 aromatic carbocycles. The topological polar surface area (TPSA) is 69.4 Å². The normalized spacial score (nSPS) is 8.60. The minimum Gasteiger partial charge on any atom is -0.459 e. The number of non-ortho nitro benzene ring substituents is 1. The third-order valence-corrected chi connectivity index (χ3v) is 1.55. The highest BCUT2D eigenvalue weighted by Gasteiger charge is 2.03. The van der Waals surface area contributed by atoms with Crippen molar-refractivity contribution in [1.82, 2.24) is 0 Å². The van der Waals surface area contributed by atoms with E-state index in [2.05, 4.69) is 16.6 Å². The molecule has 0 aliphatic carbocycles. The Bertz CT molecular complexity index is 456. The fourth-order valence-electron chi connectivity index (χ4n) is 0.871. The molecular formula is C10H7NO4. The number of hydrogen-bond acceptors (Lipinski definition) is 4. The van der Waals surface area contributed by atoms with Crippen molar-refractivity contribution in [3.63, 3.8) is 0 Å². The molecule has 0 amide bonds. The summed E-state index contributed by atoms with van der Waals surface area (Å²) in [4.78, 5) is 20.6. The van der Waals surface area contributed by atoms with Gasteiger partial charge in [-0.3, -0.25) is 10.1 Å². The molecule has 15 heavy (non-hydrogen) atoms. The number of carbonyl (C=O) groups is 1. The van der Waals surface area contributed by atoms with Gasteiger partial charge in [-0.2, -0.15) is 0 Å². The Morgan fingerprint density at radius 2 is 2.27 bits per heavy atom. The van der Waals surface area contributed by atoms with E-state index >= 15 is 0 Å². The maximum Gasteiger partial charge on any atom is 0.384 e. The molecule has 1 rings (SSSR count). The molecule has 0 fully saturated rings. The van der Waals surface area contributed by atoms with E-state index in [9.17, 15) is 14.9 Å². The number of esters is 1. The second-order valence-corrected chi connectivity index (χ2v) is 2.55. The molecule has 0 N–H and O–H groups in total. The van der Waals surface area contributed by atoms with Gasteiger partial charge in [0.1, 0.15) is 0 Å². The first kappa shape index (κ1) is 10.7. The van der Waals surface area contributed by atoms with E-state index in [1.165, 1.54) is 25.3 Å². The van der Waals surface area contributed by atoms with Crippen LogP contribution in [-0.4, -0.2) is 18.0 Å². The number of benzene rings is 1. The molecule has 0 saturated heterocycles. The minimum atomic E-state index is -0.679. The molecule has 0 atom stereocenters. The second-order valence-electron chi connectivity index (χ2n) is 2.55. The summed E-state index contributed by atoms with van der Waals surface area (Å²) in [6.45, 7) is 0. The summed E-state index contributed by atoms with van der Waals surface area (Å²) in [6.07, 6.45) is 0. The average Bonchev–Trinajstić information content (AvgIpc) is 2.26. The SMILES string of the molecule is COC(=O)C#Cc1cccc([N+](=O)[O-])c1. The lowest BCUT2D eigenvalue weighted by Gasteiger charge is -1.91. The highest BCUT2D eigenvalue weighted by atomic mass is 16.6. The summed E-state index contributed by atoms with van der Waals surface area (Å²) in [7, 11) is 1.21. The summed E-state index contributed by atoms with van der Waals surface area (Å²) in [5.74, 6) is 3.96. The second kappa shape index (κ2) is 4.77. The number of nitro groups is 1. The van der Waals surface area contributed by atoms with E-state index in [1.54, 1.807) is 6.07 Å². The number of rotatable bonds is 1. The first-order valence-electron chi connectivity index (χ1n) is 3.98. The molecule has 1 aromatic rings. The first-order valence-corrected chi connectivity index (χ1v) is 3.98. The zero-order chi connectivity index (χ0) is 11.3. The van der Waals surface area contributed by atoms with Crippen molar-refractivity contribution < 1.29 is 14.5 Å². The Morgan fingerprint density at radius 3 is 2.87 bits per heavy atom. The molecule has 0 aromatic heterocycles. The third kappa shape index (κ3) is 3.12. The number of nitro benzene ring substituents is 1. The molecular weight excluding hydrogens is 198 g/mol. The largest absolute Gasteiger partial charge is 0.459 e. The van der Waals surface area contributed by atoms with Gasteiger partial charge in [0, 0.05) is 23.6 Å². The van der Waals surface area contributed by atoms with E-state index in [0.29, 0.717) is 5.56 Å². The summed E-state index contributed by atoms with van der Waals surface area (Å²) in [5.41, 5.74) is 0.335. The maximum absolute atomic E-state index is 10.7. The van der Waals surface area contributed by atoms with Crippen LogP contribution in [0.15, 0.2) is 24.3 Å². The monoisotopic (exact) mass is 205 g/mol. The third-order valence-electron chi connectivity index (χ3n) is 1.55. The predicted molar refractivity (Wildman–Crippen MR) is 52.0 cm³/mol. The molecule has 0 spiro atoms. The van der Waals surface area contributed by atoms with Crippen LogP contribution in [0.2, 0.25) is 0 Å². The highest BCUT2D eigenvalue weighted by molar-refractivity contribution is 5.89. The van der Waals surface area contributed by atoms with Crippen molar-refractivity contribution >= 4 is 11.7 Å². The van der Waals surface area contributed by atoms with Crippen molar-refractivity contribution in [1.29, 1.82) is 0 Å². The van der Waals surface area contributed by atoms with E-state index in [-0.39, 0.29) is 5.69 Å². The van der Waals surface area contributed by atoms with Gasteiger partial charge in [-0.05, 0) is 6.07 Å². The Balaban J connectivity index is 2.95. The molecule has 0 saturated carbocycles. The molecule has 0 heterocycles. The van der Waals surface area contributed by atoms with Crippen LogP contribution in [0.4, 0.5) is 5.69 Å². The van der Waals surface area contributed by atoms with Crippen LogP contribution in [0.1, 0.15) is 5.56 Å². The fraction of sp³-hybridized carbons (Fsp3) is 0.100. The Morgan fingerprint density at radius 1 is 1.53 bits per heavy atom. The summed E-state index contributed by atoms with van der Waals surface area (Å²) < 4.78 is 4.30. The number of ether oxygens (including phenoxy) is 1. The van der Waals surface area contributed by atoms with E-state index in [4.69, 9.17) is 0 Å². The molecule has 0 radical (unpaired) electrons. The van der Waals surface area contributed by atoms with Crippen molar-refractivity contribution in [3.05, 3.63) is 39.9 Å². The van der Waals surface area contributed by atoms with Crippen LogP contribution < -0.4 is 0 Å². The van der Waals surface area contributed by atoms with Gasteiger partial charge >= 0.3 is 5.97 Å². The number of nitrogens with zero attached hydrogens (tertiary/aromatic N) is 1. The lowest BCUT2D eigenvalue weighted by molar-refractivity contribution is -0.384. The molecule has 0 unspecified atom stereocenters. The van der Waals surface area contributed by atoms with Crippen molar-refractivity contribution in [2.45, 2.75) is 0 Å². The standard InChI is InChI=1S/C10H7NO4/c1-15-10(12)6-5-8-3-2-4-9(7-8)11(13)14/h2-4,7H,1H3. The van der Waals surface area contributed by atoms with Crippen LogP contribution in [-0.2, 0) is 9.53 Å². The van der Waals surface area contributed by atoms with Gasteiger partial charge in [0.15, 0.2) is 0 Å². The Kier molecular flexibility index (Phi) is 3.41. The molecule has 5 heteroatoms. The summed E-state index contributed by atoms with van der Waals surface area (Å²) >= 11 is 0. The van der Waals surface area contributed by atoms with Crippen LogP contribution in [0, 0.1) is 22.0 Å². The first-order chi connectivity index (χ1) is 7.13. The Hall–Kier alpha value is -2.35. The van der Waals surface area contributed by atoms with Gasteiger partial charge in [0.05, 0.1) is 12.0 Å². The van der Waals surface area contributed by atoms with Crippen LogP contribution in [0.25, 0.3) is 0 Å². The lowest BCUT2D eigenvalue weighted by atomic mass is 10.2. The maximum atomic E-state index is 10.7. The molecule has 0 bridgehead atoms. The van der Waals surface area contributed by atoms with Gasteiger partial charge in [-0.25, -0.2) is 4.79 Å². The van der Waals surface area contributed by atoms with Gasteiger partial charge in [-0.15, -0.1) is 0 Å². The predicted octanol–water partition coefficient (Wildman–Crippen LogP) is 1.12. The molecule has 0 aliphatic rings. The summed E-state index contributed by atoms with van der Waals surface area (Å²) in [6, 6.07) is 5.71. The highest BCUT2D eigenvalue weighted by Crippen LogP contribution is 2.11. The number of hydrogen-bond donors (Lipinski definition) is 0. The van der Waals surface area contributed by atoms with Gasteiger partial charge in [0.2, 0.25) is 0 Å². The van der Waals surface area contributed by atoms with Crippen molar-refractivity contribution in [2.75, 3.05) is 7.11 Å². The average molecular weight is 205 g/mol. The van der Waals surface area contributed by atoms with Gasteiger partial charge in [-0.1, -0.05) is 12.0 Å². The summed E-state index contributed by atoms with van der Waals surface area (Å²) in [5, 5.41) is 10.4. The zero-order valence-corrected chi connectivity index (χ0v) is 7.89. The van der Waals surface area contributed by atoms with Crippen LogP contribution in [0.5, 0.6) is 0 Å². The van der Waals surface area contributed by atoms with E-state index < -0.39 is 10.9 Å². The van der Waals surface area contributed by atoms with Gasteiger partial charge < -0.3 is 4.74 Å². The molecule has 5 nitrogen and oxygen atoms in total. The zero-order valence-electron chi connectivity index (χ0n) is 7.89. The Labute approximate surface area is 85.8 Å². The quantitative estimate of drug-likeness (QED) is 0.298. The molecule has 0 aliphatic heterocycles. The lowest BCUT2D eigenvalue weighted by Crippen LogP contribution is -1.94. The van der Waals surface area contributed by atoms with Crippen molar-refractivity contribution in [3.8, 4) is 11.8 Å². The van der Waals surface area contributed by atoms with E-state index in [1.807, 2.05) is 0 Å².